The van der Waals surface area contributed by atoms with Gasteiger partial charge in [0.05, 0.1) is 6.10 Å². The highest BCUT2D eigenvalue weighted by molar-refractivity contribution is 5.26. The van der Waals surface area contributed by atoms with Gasteiger partial charge in [-0.15, -0.1) is 0 Å². The molecule has 0 saturated carbocycles. The van der Waals surface area contributed by atoms with Gasteiger partial charge in [0.1, 0.15) is 5.75 Å². The number of aromatic hydroxyl groups is 1. The number of aliphatic hydroxyl groups excluding tert-OH is 1. The lowest BCUT2D eigenvalue weighted by molar-refractivity contribution is 0.0972. The predicted molar refractivity (Wildman–Crippen MR) is 103 cm³/mol. The van der Waals surface area contributed by atoms with Crippen LogP contribution in [0.2, 0.25) is 0 Å². The molecule has 2 heteroatoms. The van der Waals surface area contributed by atoms with Crippen molar-refractivity contribution >= 4 is 0 Å². The van der Waals surface area contributed by atoms with E-state index < -0.39 is 0 Å². The lowest BCUT2D eigenvalue weighted by atomic mass is 9.89. The molecule has 0 aromatic heterocycles. The molecule has 0 saturated heterocycles. The number of benzene rings is 1. The number of hydrogen-bond acceptors (Lipinski definition) is 2. The Bertz CT molecular complexity index is 463. The van der Waals surface area contributed by atoms with E-state index in [1.807, 2.05) is 12.1 Å². The van der Waals surface area contributed by atoms with E-state index in [2.05, 4.69) is 39.8 Å². The van der Waals surface area contributed by atoms with Crippen molar-refractivity contribution in [2.75, 3.05) is 0 Å². The number of allylic oxidation sites excluding steroid dienone is 2. The van der Waals surface area contributed by atoms with Crippen LogP contribution in [0.15, 0.2) is 36.4 Å². The third-order valence-corrected chi connectivity index (χ3v) is 5.07. The Kier molecular flexibility index (Phi) is 9.78. The monoisotopic (exact) mass is 332 g/mol. The molecular weight excluding hydrogens is 296 g/mol. The molecule has 2 N–H and O–H groups in total. The summed E-state index contributed by atoms with van der Waals surface area (Å²) < 4.78 is 0. The topological polar surface area (TPSA) is 40.5 Å². The highest BCUT2D eigenvalue weighted by Crippen LogP contribution is 2.21. The molecule has 1 aromatic rings. The maximum atomic E-state index is 10.5. The number of phenols is 1. The summed E-state index contributed by atoms with van der Waals surface area (Å²) in [5.74, 6) is 1.98. The van der Waals surface area contributed by atoms with Crippen LogP contribution < -0.4 is 0 Å². The van der Waals surface area contributed by atoms with Crippen LogP contribution in [-0.2, 0) is 6.42 Å². The second-order valence-corrected chi connectivity index (χ2v) is 7.34. The SMILES string of the molecule is CC[C@H](C)C[C@H](C)/C=C/CC[C@@H](O)[C@H](CC)Cc1ccc(O)cc1. The van der Waals surface area contributed by atoms with Gasteiger partial charge >= 0.3 is 0 Å². The van der Waals surface area contributed by atoms with E-state index >= 15 is 0 Å². The number of hydrogen-bond donors (Lipinski definition) is 2. The number of aliphatic hydroxyl groups is 1. The summed E-state index contributed by atoms with van der Waals surface area (Å²) >= 11 is 0. The minimum Gasteiger partial charge on any atom is -0.508 e. The molecule has 0 amide bonds. The van der Waals surface area contributed by atoms with Crippen molar-refractivity contribution in [3.63, 3.8) is 0 Å². The minimum atomic E-state index is -0.265. The zero-order valence-electron chi connectivity index (χ0n) is 15.9. The molecule has 0 heterocycles. The summed E-state index contributed by atoms with van der Waals surface area (Å²) in [6.07, 6.45) is 10.4. The second-order valence-electron chi connectivity index (χ2n) is 7.34. The maximum Gasteiger partial charge on any atom is 0.115 e. The van der Waals surface area contributed by atoms with E-state index in [1.54, 1.807) is 12.1 Å². The molecule has 0 unspecified atom stereocenters. The van der Waals surface area contributed by atoms with E-state index in [0.717, 1.165) is 31.6 Å². The minimum absolute atomic E-state index is 0.265. The van der Waals surface area contributed by atoms with Gasteiger partial charge in [-0.2, -0.15) is 0 Å². The zero-order valence-corrected chi connectivity index (χ0v) is 15.9. The lowest BCUT2D eigenvalue weighted by Gasteiger charge is -2.21. The fraction of sp³-hybridized carbons (Fsp3) is 0.636. The molecule has 24 heavy (non-hydrogen) atoms. The molecule has 1 rings (SSSR count). The molecule has 0 aliphatic carbocycles. The van der Waals surface area contributed by atoms with Gasteiger partial charge in [0, 0.05) is 0 Å². The van der Waals surface area contributed by atoms with Crippen LogP contribution >= 0.6 is 0 Å². The fourth-order valence-electron chi connectivity index (χ4n) is 3.20. The summed E-state index contributed by atoms with van der Waals surface area (Å²) in [4.78, 5) is 0. The van der Waals surface area contributed by atoms with E-state index in [9.17, 15) is 10.2 Å². The summed E-state index contributed by atoms with van der Waals surface area (Å²) in [5.41, 5.74) is 1.18. The van der Waals surface area contributed by atoms with Crippen molar-refractivity contribution < 1.29 is 10.2 Å². The second kappa shape index (κ2) is 11.3. The van der Waals surface area contributed by atoms with Crippen LogP contribution in [0.4, 0.5) is 0 Å². The summed E-state index contributed by atoms with van der Waals surface area (Å²) in [5, 5.41) is 19.8. The highest BCUT2D eigenvalue weighted by Gasteiger charge is 2.17. The van der Waals surface area contributed by atoms with E-state index in [4.69, 9.17) is 0 Å². The summed E-state index contributed by atoms with van der Waals surface area (Å²) in [6, 6.07) is 7.33. The first-order valence-electron chi connectivity index (χ1n) is 9.58. The molecule has 136 valence electrons. The van der Waals surface area contributed by atoms with Crippen LogP contribution in [0.5, 0.6) is 5.75 Å². The molecule has 0 aliphatic rings. The van der Waals surface area contributed by atoms with E-state index in [1.165, 1.54) is 18.4 Å². The van der Waals surface area contributed by atoms with Crippen molar-refractivity contribution in [3.05, 3.63) is 42.0 Å². The van der Waals surface area contributed by atoms with Gasteiger partial charge < -0.3 is 10.2 Å². The van der Waals surface area contributed by atoms with Crippen molar-refractivity contribution in [1.29, 1.82) is 0 Å². The predicted octanol–water partition coefficient (Wildman–Crippen LogP) is 5.73. The van der Waals surface area contributed by atoms with Crippen molar-refractivity contribution in [3.8, 4) is 5.75 Å². The van der Waals surface area contributed by atoms with E-state index in [-0.39, 0.29) is 12.0 Å². The normalized spacial score (nSPS) is 16.9. The Morgan fingerprint density at radius 3 is 2.29 bits per heavy atom. The Morgan fingerprint density at radius 2 is 1.71 bits per heavy atom. The molecule has 1 aromatic carbocycles. The molecule has 0 fully saturated rings. The first kappa shape index (κ1) is 20.8. The average molecular weight is 333 g/mol. The van der Waals surface area contributed by atoms with Gasteiger partial charge in [-0.25, -0.2) is 0 Å². The lowest BCUT2D eigenvalue weighted by Crippen LogP contribution is -2.21. The van der Waals surface area contributed by atoms with Crippen LogP contribution in [0.3, 0.4) is 0 Å². The quantitative estimate of drug-likeness (QED) is 0.508. The average Bonchev–Trinajstić information content (AvgIpc) is 2.57. The molecule has 0 spiro atoms. The van der Waals surface area contributed by atoms with Crippen molar-refractivity contribution in [2.24, 2.45) is 17.8 Å². The fourth-order valence-corrected chi connectivity index (χ4v) is 3.20. The van der Waals surface area contributed by atoms with Crippen molar-refractivity contribution in [2.45, 2.75) is 72.3 Å². The van der Waals surface area contributed by atoms with Gasteiger partial charge in [0.25, 0.3) is 0 Å². The number of rotatable bonds is 11. The highest BCUT2D eigenvalue weighted by atomic mass is 16.3. The van der Waals surface area contributed by atoms with Gasteiger partial charge in [-0.3, -0.25) is 0 Å². The van der Waals surface area contributed by atoms with Gasteiger partial charge in [0.2, 0.25) is 0 Å². The van der Waals surface area contributed by atoms with Crippen LogP contribution in [-0.4, -0.2) is 16.3 Å². The zero-order chi connectivity index (χ0) is 17.9. The van der Waals surface area contributed by atoms with Gasteiger partial charge in [-0.1, -0.05) is 64.8 Å². The van der Waals surface area contributed by atoms with E-state index in [0.29, 0.717) is 11.7 Å². The third kappa shape index (κ3) is 8.01. The largest absolute Gasteiger partial charge is 0.508 e. The Hall–Kier alpha value is -1.28. The number of phenolic OH excluding ortho intramolecular Hbond substituents is 1. The summed E-state index contributed by atoms with van der Waals surface area (Å²) in [7, 11) is 0. The van der Waals surface area contributed by atoms with Gasteiger partial charge in [0.15, 0.2) is 0 Å². The molecule has 0 radical (unpaired) electrons. The molecule has 0 bridgehead atoms. The standard InChI is InChI=1S/C22H36O2/c1-5-17(3)15-18(4)9-7-8-10-22(24)20(6-2)16-19-11-13-21(23)14-12-19/h7,9,11-14,17-18,20,22-24H,5-6,8,10,15-16H2,1-4H3/b9-7+/t17-,18+,20+,22+/m0/s1. The Morgan fingerprint density at radius 1 is 1.04 bits per heavy atom. The molecule has 4 atom stereocenters. The molecule has 2 nitrogen and oxygen atoms in total. The maximum absolute atomic E-state index is 10.5. The third-order valence-electron chi connectivity index (χ3n) is 5.07. The molecule has 0 aliphatic heterocycles. The van der Waals surface area contributed by atoms with Crippen molar-refractivity contribution in [1.82, 2.24) is 0 Å². The van der Waals surface area contributed by atoms with Gasteiger partial charge in [-0.05, 0) is 61.1 Å². The first-order valence-corrected chi connectivity index (χ1v) is 9.58. The Labute approximate surface area is 148 Å². The van der Waals surface area contributed by atoms with Crippen LogP contribution in [0.1, 0.15) is 65.4 Å². The summed E-state index contributed by atoms with van der Waals surface area (Å²) in [6.45, 7) is 8.97. The van der Waals surface area contributed by atoms with Crippen LogP contribution in [0.25, 0.3) is 0 Å². The molecular formula is C22H36O2. The van der Waals surface area contributed by atoms with Crippen LogP contribution in [0, 0.1) is 17.8 Å². The smallest absolute Gasteiger partial charge is 0.115 e. The first-order chi connectivity index (χ1) is 11.5. The Balaban J connectivity index is 2.38.